The molecule has 1 aromatic carbocycles. The number of sulfone groups is 1. The number of benzene rings is 1. The van der Waals surface area contributed by atoms with Crippen molar-refractivity contribution in [1.29, 1.82) is 0 Å². The van der Waals surface area contributed by atoms with Gasteiger partial charge in [0.05, 0.1) is 11.0 Å². The average Bonchev–Trinajstić information content (AvgIpc) is 3.61. The molecule has 0 bridgehead atoms. The number of anilines is 1. The first-order valence-corrected chi connectivity index (χ1v) is 15.4. The van der Waals surface area contributed by atoms with Crippen LogP contribution in [-0.4, -0.2) is 50.7 Å². The van der Waals surface area contributed by atoms with E-state index >= 15 is 0 Å². The summed E-state index contributed by atoms with van der Waals surface area (Å²) in [5.74, 6) is 1.79. The van der Waals surface area contributed by atoms with Crippen molar-refractivity contribution in [3.8, 4) is 22.1 Å². The van der Waals surface area contributed by atoms with E-state index in [0.29, 0.717) is 46.6 Å². The van der Waals surface area contributed by atoms with Crippen LogP contribution in [0.25, 0.3) is 21.7 Å². The minimum Gasteiger partial charge on any atom is -0.454 e. The summed E-state index contributed by atoms with van der Waals surface area (Å²) in [5.41, 5.74) is 7.93. The molecule has 0 saturated carbocycles. The lowest BCUT2D eigenvalue weighted by molar-refractivity contribution is 0.174. The van der Waals surface area contributed by atoms with Gasteiger partial charge in [0.2, 0.25) is 6.79 Å². The highest BCUT2D eigenvalue weighted by molar-refractivity contribution is 7.99. The zero-order valence-electron chi connectivity index (χ0n) is 20.7. The maximum Gasteiger partial charge on any atom is 0.231 e. The number of nitrogens with zero attached hydrogens (tertiary/aromatic N) is 5. The van der Waals surface area contributed by atoms with E-state index in [-0.39, 0.29) is 30.2 Å². The quantitative estimate of drug-likeness (QED) is 0.292. The minimum atomic E-state index is -3.34. The van der Waals surface area contributed by atoms with Gasteiger partial charge in [-0.15, -0.1) is 11.3 Å². The van der Waals surface area contributed by atoms with Gasteiger partial charge in [-0.25, -0.2) is 28.4 Å². The molecule has 0 amide bonds. The third-order valence-electron chi connectivity index (χ3n) is 6.16. The van der Waals surface area contributed by atoms with Crippen LogP contribution in [0.3, 0.4) is 0 Å². The van der Waals surface area contributed by atoms with Crippen LogP contribution in [0.2, 0.25) is 0 Å². The van der Waals surface area contributed by atoms with Crippen molar-refractivity contribution in [2.45, 2.75) is 55.5 Å². The smallest absolute Gasteiger partial charge is 0.231 e. The highest BCUT2D eigenvalue weighted by Gasteiger charge is 2.27. The number of nitrogens with two attached hydrogens (primary N) is 1. The maximum absolute atomic E-state index is 13.3. The molecule has 0 aliphatic carbocycles. The maximum atomic E-state index is 13.3. The second kappa shape index (κ2) is 10.5. The summed E-state index contributed by atoms with van der Waals surface area (Å²) in [5, 5.41) is 2.91. The molecule has 5 rings (SSSR count). The molecule has 1 atom stereocenters. The minimum absolute atomic E-state index is 0.0262. The number of aromatic nitrogens is 5. The molecule has 4 aromatic rings. The number of ether oxygens (including phenoxy) is 2. The van der Waals surface area contributed by atoms with E-state index < -0.39 is 9.84 Å². The molecular weight excluding hydrogens is 533 g/mol. The fourth-order valence-electron chi connectivity index (χ4n) is 4.32. The van der Waals surface area contributed by atoms with Crippen molar-refractivity contribution in [2.75, 3.05) is 18.3 Å². The van der Waals surface area contributed by atoms with Gasteiger partial charge in [-0.05, 0) is 30.9 Å². The summed E-state index contributed by atoms with van der Waals surface area (Å²) >= 11 is 2.89. The molecule has 1 aliphatic heterocycles. The Morgan fingerprint density at radius 2 is 1.97 bits per heavy atom. The fourth-order valence-corrected chi connectivity index (χ4v) is 8.06. The summed E-state index contributed by atoms with van der Waals surface area (Å²) in [7, 11) is -3.34. The molecule has 0 radical (unpaired) electrons. The van der Waals surface area contributed by atoms with E-state index in [0.717, 1.165) is 15.5 Å². The third kappa shape index (κ3) is 5.25. The van der Waals surface area contributed by atoms with Crippen LogP contribution in [0.5, 0.6) is 11.5 Å². The molecule has 37 heavy (non-hydrogen) atoms. The van der Waals surface area contributed by atoms with Gasteiger partial charge in [0, 0.05) is 28.6 Å². The van der Waals surface area contributed by atoms with Gasteiger partial charge in [-0.1, -0.05) is 32.5 Å². The standard InChI is InChI=1S/C24H28N6O4S3/c1-4-15(9-14(2)3)37(31,32)8-6-30-22-20(21(25)27-12-28-22)29-24(30)36-19-11-18-17(33-13-34-18)10-16(19)23-26-5-7-35-23/h5,7,10-12,14-15H,4,6,8-9,13H2,1-3H3,(H2,25,27,28). The number of aryl methyl sites for hydroxylation is 1. The van der Waals surface area contributed by atoms with E-state index in [1.165, 1.54) is 29.4 Å². The molecule has 3 aromatic heterocycles. The first kappa shape index (κ1) is 25.7. The summed E-state index contributed by atoms with van der Waals surface area (Å²) < 4.78 is 39.6. The van der Waals surface area contributed by atoms with E-state index in [2.05, 4.69) is 15.0 Å². The highest BCUT2D eigenvalue weighted by atomic mass is 32.2. The zero-order chi connectivity index (χ0) is 26.2. The molecule has 4 heterocycles. The Hall–Kier alpha value is -2.90. The second-order valence-electron chi connectivity index (χ2n) is 9.14. The summed E-state index contributed by atoms with van der Waals surface area (Å²) in [6.07, 6.45) is 4.33. The van der Waals surface area contributed by atoms with Crippen molar-refractivity contribution < 1.29 is 17.9 Å². The van der Waals surface area contributed by atoms with Crippen LogP contribution in [0.15, 0.2) is 40.1 Å². The Morgan fingerprint density at radius 3 is 2.68 bits per heavy atom. The lowest BCUT2D eigenvalue weighted by atomic mass is 10.1. The van der Waals surface area contributed by atoms with E-state index in [1.54, 1.807) is 6.20 Å². The number of nitrogen functional groups attached to an aromatic ring is 1. The van der Waals surface area contributed by atoms with Gasteiger partial charge in [0.15, 0.2) is 43.5 Å². The Bertz CT molecular complexity index is 1520. The van der Waals surface area contributed by atoms with Gasteiger partial charge < -0.3 is 19.8 Å². The fraction of sp³-hybridized carbons (Fsp3) is 0.417. The summed E-state index contributed by atoms with van der Waals surface area (Å²) in [4.78, 5) is 18.5. The molecule has 0 fully saturated rings. The van der Waals surface area contributed by atoms with Gasteiger partial charge in [0.1, 0.15) is 11.3 Å². The number of thiazole rings is 1. The predicted octanol–water partition coefficient (Wildman–Crippen LogP) is 4.65. The normalized spacial score (nSPS) is 14.1. The monoisotopic (exact) mass is 560 g/mol. The Balaban J connectivity index is 1.54. The lowest BCUT2D eigenvalue weighted by Gasteiger charge is -2.18. The molecule has 0 saturated heterocycles. The van der Waals surface area contributed by atoms with Crippen LogP contribution >= 0.6 is 23.1 Å². The first-order chi connectivity index (χ1) is 17.8. The predicted molar refractivity (Wildman–Crippen MR) is 145 cm³/mol. The molecule has 10 nitrogen and oxygen atoms in total. The molecule has 0 spiro atoms. The number of fused-ring (bicyclic) bond motifs is 2. The highest BCUT2D eigenvalue weighted by Crippen LogP contribution is 2.45. The van der Waals surface area contributed by atoms with Crippen LogP contribution in [-0.2, 0) is 16.4 Å². The van der Waals surface area contributed by atoms with Crippen LogP contribution < -0.4 is 15.2 Å². The van der Waals surface area contributed by atoms with Crippen molar-refractivity contribution in [1.82, 2.24) is 24.5 Å². The van der Waals surface area contributed by atoms with Crippen molar-refractivity contribution in [3.63, 3.8) is 0 Å². The number of hydrogen-bond acceptors (Lipinski definition) is 11. The van der Waals surface area contributed by atoms with Crippen LogP contribution in [0, 0.1) is 5.92 Å². The van der Waals surface area contributed by atoms with Crippen molar-refractivity contribution >= 4 is 49.9 Å². The zero-order valence-corrected chi connectivity index (χ0v) is 23.2. The summed E-state index contributed by atoms with van der Waals surface area (Å²) in [6, 6.07) is 3.81. The number of hydrogen-bond donors (Lipinski definition) is 1. The summed E-state index contributed by atoms with van der Waals surface area (Å²) in [6.45, 7) is 6.36. The molecule has 2 N–H and O–H groups in total. The van der Waals surface area contributed by atoms with Gasteiger partial charge in [0.25, 0.3) is 0 Å². The number of imidazole rings is 1. The van der Waals surface area contributed by atoms with E-state index in [4.69, 9.17) is 20.2 Å². The third-order valence-corrected chi connectivity index (χ3v) is 10.3. The van der Waals surface area contributed by atoms with Crippen LogP contribution in [0.4, 0.5) is 5.82 Å². The molecule has 196 valence electrons. The Morgan fingerprint density at radius 1 is 1.19 bits per heavy atom. The largest absolute Gasteiger partial charge is 0.454 e. The Kier molecular flexibility index (Phi) is 7.28. The second-order valence-corrected chi connectivity index (χ2v) is 13.4. The van der Waals surface area contributed by atoms with Gasteiger partial charge in [-0.3, -0.25) is 0 Å². The molecular formula is C24H28N6O4S3. The van der Waals surface area contributed by atoms with E-state index in [1.807, 2.05) is 42.9 Å². The SMILES string of the molecule is CCC(CC(C)C)S(=O)(=O)CCn1c(Sc2cc3c(cc2-c2nccs2)OCO3)nc2c(N)ncnc21. The number of rotatable bonds is 10. The lowest BCUT2D eigenvalue weighted by Crippen LogP contribution is -2.27. The molecule has 13 heteroatoms. The first-order valence-electron chi connectivity index (χ1n) is 12.0. The van der Waals surface area contributed by atoms with Gasteiger partial charge in [-0.2, -0.15) is 0 Å². The molecule has 1 aliphatic rings. The average molecular weight is 561 g/mol. The topological polar surface area (TPSA) is 135 Å². The molecule has 1 unspecified atom stereocenters. The van der Waals surface area contributed by atoms with E-state index in [9.17, 15) is 8.42 Å². The van der Waals surface area contributed by atoms with Crippen LogP contribution in [0.1, 0.15) is 33.6 Å². The van der Waals surface area contributed by atoms with Crippen molar-refractivity contribution in [2.24, 2.45) is 5.92 Å². The van der Waals surface area contributed by atoms with Gasteiger partial charge >= 0.3 is 0 Å². The Labute approximate surface area is 223 Å². The van der Waals surface area contributed by atoms with Crippen molar-refractivity contribution in [3.05, 3.63) is 30.0 Å².